The minimum absolute atomic E-state index is 0.0262. The number of anilines is 1. The molecule has 0 aliphatic carbocycles. The Kier molecular flexibility index (Phi) is 9.21. The van der Waals surface area contributed by atoms with E-state index >= 15 is 0 Å². The molecule has 12 heteroatoms. The summed E-state index contributed by atoms with van der Waals surface area (Å²) in [5.41, 5.74) is -0.567. The molecule has 0 saturated carbocycles. The Balaban J connectivity index is 1.91. The molecule has 0 aliphatic heterocycles. The number of carbonyl (C=O) groups is 3. The molecule has 1 atom stereocenters. The average molecular weight is 498 g/mol. The molecule has 0 bridgehead atoms. The normalized spacial score (nSPS) is 12.2. The summed E-state index contributed by atoms with van der Waals surface area (Å²) >= 11 is 0. The largest absolute Gasteiger partial charge is 0.451 e. The Morgan fingerprint density at radius 1 is 1.00 bits per heavy atom. The van der Waals surface area contributed by atoms with E-state index in [-0.39, 0.29) is 10.5 Å². The summed E-state index contributed by atoms with van der Waals surface area (Å²) < 4.78 is 58.4. The maximum absolute atomic E-state index is 13.6. The molecule has 1 unspecified atom stereocenters. The number of benzene rings is 2. The van der Waals surface area contributed by atoms with Crippen LogP contribution < -0.4 is 10.6 Å². The predicted octanol–water partition coefficient (Wildman–Crippen LogP) is 2.30. The highest BCUT2D eigenvalue weighted by atomic mass is 32.2. The minimum atomic E-state index is -3.68. The van der Waals surface area contributed by atoms with Gasteiger partial charge in [-0.05, 0) is 43.3 Å². The second-order valence-electron chi connectivity index (χ2n) is 7.01. The summed E-state index contributed by atoms with van der Waals surface area (Å²) in [6, 6.07) is 8.22. The molecule has 0 spiro atoms. The van der Waals surface area contributed by atoms with Crippen molar-refractivity contribution in [2.75, 3.05) is 25.0 Å². The predicted molar refractivity (Wildman–Crippen MR) is 119 cm³/mol. The molecule has 2 N–H and O–H groups in total. The van der Waals surface area contributed by atoms with Gasteiger partial charge in [-0.25, -0.2) is 17.2 Å². The van der Waals surface area contributed by atoms with Gasteiger partial charge in [0.2, 0.25) is 10.0 Å². The zero-order chi connectivity index (χ0) is 25.5. The third-order valence-corrected chi connectivity index (χ3v) is 6.81. The summed E-state index contributed by atoms with van der Waals surface area (Å²) in [7, 11) is -3.68. The molecule has 0 aliphatic rings. The first-order valence-corrected chi connectivity index (χ1v) is 11.8. The van der Waals surface area contributed by atoms with E-state index in [1.54, 1.807) is 13.8 Å². The Labute approximate surface area is 196 Å². The van der Waals surface area contributed by atoms with Crippen molar-refractivity contribution >= 4 is 33.5 Å². The molecule has 2 amide bonds. The third-order valence-electron chi connectivity index (χ3n) is 4.74. The lowest BCUT2D eigenvalue weighted by atomic mass is 10.2. The molecule has 2 rings (SSSR count). The average Bonchev–Trinajstić information content (AvgIpc) is 2.80. The highest BCUT2D eigenvalue weighted by Crippen LogP contribution is 2.18. The molecule has 0 radical (unpaired) electrons. The van der Waals surface area contributed by atoms with Crippen molar-refractivity contribution in [3.63, 3.8) is 0 Å². The van der Waals surface area contributed by atoms with Crippen molar-refractivity contribution in [3.05, 3.63) is 59.7 Å². The summed E-state index contributed by atoms with van der Waals surface area (Å²) in [6.45, 7) is 4.63. The highest BCUT2D eigenvalue weighted by molar-refractivity contribution is 7.89. The lowest BCUT2D eigenvalue weighted by Gasteiger charge is -2.18. The number of carbonyl (C=O) groups excluding carboxylic acids is 3. The van der Waals surface area contributed by atoms with E-state index in [9.17, 15) is 31.6 Å². The Morgan fingerprint density at radius 3 is 2.09 bits per heavy atom. The molecule has 0 heterocycles. The Bertz CT molecular complexity index is 1130. The van der Waals surface area contributed by atoms with Crippen LogP contribution in [-0.2, 0) is 24.3 Å². The second-order valence-corrected chi connectivity index (χ2v) is 8.95. The van der Waals surface area contributed by atoms with Crippen LogP contribution in [-0.4, -0.2) is 56.2 Å². The third kappa shape index (κ3) is 6.58. The topological polar surface area (TPSA) is 122 Å². The van der Waals surface area contributed by atoms with E-state index < -0.39 is 57.8 Å². The molecule has 0 aromatic heterocycles. The number of esters is 1. The van der Waals surface area contributed by atoms with Gasteiger partial charge in [-0.3, -0.25) is 14.4 Å². The standard InChI is InChI=1S/C22H25F2N3O6S/c1-4-27(5-2)34(31,32)16-11-9-15(10-12-16)22(30)25-13-19(28)33-14(3)21(29)26-20-17(23)7-6-8-18(20)24/h6-12,14H,4-5,13H2,1-3H3,(H,25,30)(H,26,29). The van der Waals surface area contributed by atoms with Crippen LogP contribution in [0.5, 0.6) is 0 Å². The van der Waals surface area contributed by atoms with E-state index in [0.29, 0.717) is 13.1 Å². The van der Waals surface area contributed by atoms with Crippen LogP contribution in [0.1, 0.15) is 31.1 Å². The molecule has 9 nitrogen and oxygen atoms in total. The fraction of sp³-hybridized carbons (Fsp3) is 0.318. The molecule has 0 saturated heterocycles. The summed E-state index contributed by atoms with van der Waals surface area (Å²) in [5.74, 6) is -4.58. The van der Waals surface area contributed by atoms with E-state index in [1.165, 1.54) is 35.5 Å². The van der Waals surface area contributed by atoms with Crippen LogP contribution in [0.3, 0.4) is 0 Å². The number of nitrogens with zero attached hydrogens (tertiary/aromatic N) is 1. The summed E-state index contributed by atoms with van der Waals surface area (Å²) in [6.07, 6.45) is -1.40. The fourth-order valence-electron chi connectivity index (χ4n) is 2.88. The maximum Gasteiger partial charge on any atom is 0.326 e. The quantitative estimate of drug-likeness (QED) is 0.486. The van der Waals surface area contributed by atoms with Crippen LogP contribution in [0.15, 0.2) is 47.4 Å². The van der Waals surface area contributed by atoms with Crippen molar-refractivity contribution in [3.8, 4) is 0 Å². The second kappa shape index (κ2) is 11.7. The number of amides is 2. The molecular formula is C22H25F2N3O6S. The van der Waals surface area contributed by atoms with Crippen molar-refractivity contribution in [2.45, 2.75) is 31.8 Å². The molecule has 0 fully saturated rings. The smallest absolute Gasteiger partial charge is 0.326 e. The van der Waals surface area contributed by atoms with Gasteiger partial charge in [-0.1, -0.05) is 19.9 Å². The van der Waals surface area contributed by atoms with Gasteiger partial charge in [0, 0.05) is 18.7 Å². The monoisotopic (exact) mass is 497 g/mol. The van der Waals surface area contributed by atoms with E-state index in [0.717, 1.165) is 18.2 Å². The van der Waals surface area contributed by atoms with Crippen molar-refractivity contribution in [1.29, 1.82) is 0 Å². The van der Waals surface area contributed by atoms with Crippen LogP contribution in [0.25, 0.3) is 0 Å². The minimum Gasteiger partial charge on any atom is -0.451 e. The maximum atomic E-state index is 13.6. The molecule has 34 heavy (non-hydrogen) atoms. The number of ether oxygens (including phenoxy) is 1. The van der Waals surface area contributed by atoms with Crippen molar-refractivity contribution in [1.82, 2.24) is 9.62 Å². The zero-order valence-electron chi connectivity index (χ0n) is 18.8. The number of halogens is 2. The first-order chi connectivity index (χ1) is 16.0. The van der Waals surface area contributed by atoms with Crippen molar-refractivity contribution < 1.29 is 36.3 Å². The van der Waals surface area contributed by atoms with E-state index in [4.69, 9.17) is 4.74 Å². The number of rotatable bonds is 10. The SMILES string of the molecule is CCN(CC)S(=O)(=O)c1ccc(C(=O)NCC(=O)OC(C)C(=O)Nc2c(F)cccc2F)cc1. The first kappa shape index (κ1) is 26.9. The highest BCUT2D eigenvalue weighted by Gasteiger charge is 2.23. The van der Waals surface area contributed by atoms with Crippen LogP contribution in [0.4, 0.5) is 14.5 Å². The van der Waals surface area contributed by atoms with Crippen LogP contribution in [0.2, 0.25) is 0 Å². The number of para-hydroxylation sites is 1. The molecular weight excluding hydrogens is 472 g/mol. The Morgan fingerprint density at radius 2 is 1.56 bits per heavy atom. The van der Waals surface area contributed by atoms with E-state index in [2.05, 4.69) is 5.32 Å². The zero-order valence-corrected chi connectivity index (χ0v) is 19.6. The van der Waals surface area contributed by atoms with Gasteiger partial charge >= 0.3 is 5.97 Å². The number of nitrogens with one attached hydrogen (secondary N) is 2. The van der Waals surface area contributed by atoms with E-state index in [1.807, 2.05) is 5.32 Å². The number of sulfonamides is 1. The molecule has 2 aromatic rings. The summed E-state index contributed by atoms with van der Waals surface area (Å²) in [5, 5.41) is 4.29. The molecule has 184 valence electrons. The van der Waals surface area contributed by atoms with Gasteiger partial charge in [0.15, 0.2) is 6.10 Å². The number of hydrogen-bond acceptors (Lipinski definition) is 6. The lowest BCUT2D eigenvalue weighted by Crippen LogP contribution is -2.36. The lowest BCUT2D eigenvalue weighted by molar-refractivity contribution is -0.152. The number of hydrogen-bond donors (Lipinski definition) is 2. The van der Waals surface area contributed by atoms with Gasteiger partial charge in [0.25, 0.3) is 11.8 Å². The van der Waals surface area contributed by atoms with Gasteiger partial charge in [-0.2, -0.15) is 4.31 Å². The summed E-state index contributed by atoms with van der Waals surface area (Å²) in [4.78, 5) is 36.3. The van der Waals surface area contributed by atoms with Gasteiger partial charge in [0.1, 0.15) is 23.9 Å². The fourth-order valence-corrected chi connectivity index (χ4v) is 4.34. The van der Waals surface area contributed by atoms with Gasteiger partial charge < -0.3 is 15.4 Å². The van der Waals surface area contributed by atoms with Crippen molar-refractivity contribution in [2.24, 2.45) is 0 Å². The molecule has 2 aromatic carbocycles. The van der Waals surface area contributed by atoms with Crippen LogP contribution in [0, 0.1) is 11.6 Å². The van der Waals surface area contributed by atoms with Gasteiger partial charge in [0.05, 0.1) is 4.90 Å². The first-order valence-electron chi connectivity index (χ1n) is 10.3. The van der Waals surface area contributed by atoms with Crippen LogP contribution >= 0.6 is 0 Å². The van der Waals surface area contributed by atoms with Gasteiger partial charge in [-0.15, -0.1) is 0 Å². The Hall–Kier alpha value is -3.38.